The molecule has 3 atom stereocenters. The number of carboxylic acid groups (broad SMARTS) is 1. The van der Waals surface area contributed by atoms with Crippen molar-refractivity contribution in [3.05, 3.63) is 71.8 Å². The number of hydrogen-bond donors (Lipinski definition) is 2. The SMILES string of the molecule is CC(CC(CC(=O)O)N[C@H](C)c1ccccc1)c1ccccc1. The highest BCUT2D eigenvalue weighted by molar-refractivity contribution is 5.67. The topological polar surface area (TPSA) is 49.3 Å². The van der Waals surface area contributed by atoms with Crippen molar-refractivity contribution in [1.29, 1.82) is 0 Å². The molecule has 0 aliphatic heterocycles. The van der Waals surface area contributed by atoms with Crippen molar-refractivity contribution >= 4 is 5.97 Å². The molecule has 0 saturated carbocycles. The molecular weight excluding hydrogens is 286 g/mol. The van der Waals surface area contributed by atoms with E-state index in [0.29, 0.717) is 5.92 Å². The van der Waals surface area contributed by atoms with Crippen LogP contribution < -0.4 is 5.32 Å². The first-order valence-corrected chi connectivity index (χ1v) is 8.14. The van der Waals surface area contributed by atoms with E-state index < -0.39 is 5.97 Å². The van der Waals surface area contributed by atoms with Crippen molar-refractivity contribution in [2.45, 2.75) is 44.7 Å². The molecule has 0 aromatic heterocycles. The van der Waals surface area contributed by atoms with Gasteiger partial charge in [0.05, 0.1) is 6.42 Å². The standard InChI is InChI=1S/C20H25NO2/c1-15(17-9-5-3-6-10-17)13-19(14-20(22)23)21-16(2)18-11-7-4-8-12-18/h3-12,15-16,19,21H,13-14H2,1-2H3,(H,22,23)/t15?,16-,19?/m1/s1. The normalized spacial score (nSPS) is 14.9. The quantitative estimate of drug-likeness (QED) is 0.761. The second-order valence-corrected chi connectivity index (χ2v) is 6.14. The average molecular weight is 311 g/mol. The molecule has 2 rings (SSSR count). The number of rotatable bonds is 8. The third-order valence-electron chi connectivity index (χ3n) is 4.21. The third kappa shape index (κ3) is 5.53. The molecule has 0 aliphatic carbocycles. The largest absolute Gasteiger partial charge is 0.481 e. The molecule has 0 radical (unpaired) electrons. The molecule has 122 valence electrons. The lowest BCUT2D eigenvalue weighted by Gasteiger charge is -2.25. The minimum atomic E-state index is -0.761. The van der Waals surface area contributed by atoms with Gasteiger partial charge in [-0.3, -0.25) is 4.79 Å². The Kier molecular flexibility index (Phi) is 6.36. The fourth-order valence-corrected chi connectivity index (χ4v) is 2.96. The van der Waals surface area contributed by atoms with Crippen LogP contribution >= 0.6 is 0 Å². The van der Waals surface area contributed by atoms with E-state index in [1.807, 2.05) is 36.4 Å². The lowest BCUT2D eigenvalue weighted by Crippen LogP contribution is -2.34. The molecule has 2 unspecified atom stereocenters. The number of aliphatic carboxylic acids is 1. The number of carboxylic acids is 1. The van der Waals surface area contributed by atoms with Crippen molar-refractivity contribution in [1.82, 2.24) is 5.32 Å². The van der Waals surface area contributed by atoms with E-state index in [9.17, 15) is 9.90 Å². The van der Waals surface area contributed by atoms with Crippen LogP contribution in [0.4, 0.5) is 0 Å². The Hall–Kier alpha value is -2.13. The van der Waals surface area contributed by atoms with Crippen molar-refractivity contribution in [2.75, 3.05) is 0 Å². The molecule has 0 aliphatic rings. The van der Waals surface area contributed by atoms with Gasteiger partial charge in [0.25, 0.3) is 0 Å². The average Bonchev–Trinajstić information content (AvgIpc) is 2.55. The molecule has 3 nitrogen and oxygen atoms in total. The summed E-state index contributed by atoms with van der Waals surface area (Å²) in [7, 11) is 0. The Bertz CT molecular complexity index is 550. The smallest absolute Gasteiger partial charge is 0.304 e. The summed E-state index contributed by atoms with van der Waals surface area (Å²) in [5, 5.41) is 12.7. The van der Waals surface area contributed by atoms with Gasteiger partial charge in [-0.15, -0.1) is 0 Å². The number of hydrogen-bond acceptors (Lipinski definition) is 2. The summed E-state index contributed by atoms with van der Waals surface area (Å²) >= 11 is 0. The summed E-state index contributed by atoms with van der Waals surface area (Å²) in [6.45, 7) is 4.23. The molecular formula is C20H25NO2. The van der Waals surface area contributed by atoms with E-state index in [2.05, 4.69) is 43.4 Å². The van der Waals surface area contributed by atoms with Crippen LogP contribution in [0.1, 0.15) is 49.8 Å². The predicted octanol–water partition coefficient (Wildman–Crippen LogP) is 4.37. The summed E-state index contributed by atoms with van der Waals surface area (Å²) in [5.41, 5.74) is 2.42. The van der Waals surface area contributed by atoms with E-state index in [0.717, 1.165) is 6.42 Å². The molecule has 2 N–H and O–H groups in total. The molecule has 0 heterocycles. The van der Waals surface area contributed by atoms with Crippen LogP contribution in [0.2, 0.25) is 0 Å². The molecule has 3 heteroatoms. The second kappa shape index (κ2) is 8.49. The monoisotopic (exact) mass is 311 g/mol. The van der Waals surface area contributed by atoms with Gasteiger partial charge in [-0.25, -0.2) is 0 Å². The molecule has 2 aromatic rings. The molecule has 0 bridgehead atoms. The third-order valence-corrected chi connectivity index (χ3v) is 4.21. The lowest BCUT2D eigenvalue weighted by atomic mass is 9.92. The Balaban J connectivity index is 2.03. The van der Waals surface area contributed by atoms with Crippen LogP contribution in [0.15, 0.2) is 60.7 Å². The van der Waals surface area contributed by atoms with E-state index in [1.54, 1.807) is 0 Å². The first-order valence-electron chi connectivity index (χ1n) is 8.14. The maximum atomic E-state index is 11.2. The first kappa shape index (κ1) is 17.2. The van der Waals surface area contributed by atoms with Crippen molar-refractivity contribution in [2.24, 2.45) is 0 Å². The number of nitrogens with one attached hydrogen (secondary N) is 1. The van der Waals surface area contributed by atoms with Crippen molar-refractivity contribution in [3.8, 4) is 0 Å². The van der Waals surface area contributed by atoms with Gasteiger partial charge < -0.3 is 10.4 Å². The van der Waals surface area contributed by atoms with E-state index in [1.165, 1.54) is 11.1 Å². The van der Waals surface area contributed by atoms with Gasteiger partial charge in [-0.05, 0) is 30.4 Å². The second-order valence-electron chi connectivity index (χ2n) is 6.14. The Morgan fingerprint density at radius 2 is 1.48 bits per heavy atom. The van der Waals surface area contributed by atoms with Gasteiger partial charge in [-0.2, -0.15) is 0 Å². The highest BCUT2D eigenvalue weighted by Crippen LogP contribution is 2.23. The van der Waals surface area contributed by atoms with E-state index in [4.69, 9.17) is 0 Å². The van der Waals surface area contributed by atoms with Crippen LogP contribution in [-0.4, -0.2) is 17.1 Å². The fraction of sp³-hybridized carbons (Fsp3) is 0.350. The Morgan fingerprint density at radius 3 is 2.00 bits per heavy atom. The minimum absolute atomic E-state index is 0.0575. The number of carbonyl (C=O) groups is 1. The van der Waals surface area contributed by atoms with E-state index in [-0.39, 0.29) is 18.5 Å². The van der Waals surface area contributed by atoms with Crippen LogP contribution in [-0.2, 0) is 4.79 Å². The number of benzene rings is 2. The summed E-state index contributed by atoms with van der Waals surface area (Å²) < 4.78 is 0. The zero-order valence-corrected chi connectivity index (χ0v) is 13.8. The van der Waals surface area contributed by atoms with Gasteiger partial charge in [-0.1, -0.05) is 67.6 Å². The maximum absolute atomic E-state index is 11.2. The van der Waals surface area contributed by atoms with Crippen molar-refractivity contribution < 1.29 is 9.90 Å². The predicted molar refractivity (Wildman–Crippen MR) is 93.5 cm³/mol. The molecule has 0 fully saturated rings. The zero-order valence-electron chi connectivity index (χ0n) is 13.8. The zero-order chi connectivity index (χ0) is 16.7. The van der Waals surface area contributed by atoms with Gasteiger partial charge in [0.2, 0.25) is 0 Å². The van der Waals surface area contributed by atoms with Crippen LogP contribution in [0, 0.1) is 0 Å². The Labute approximate surface area is 138 Å². The first-order chi connectivity index (χ1) is 11.1. The summed E-state index contributed by atoms with van der Waals surface area (Å²) in [6.07, 6.45) is 0.932. The van der Waals surface area contributed by atoms with Gasteiger partial charge in [0, 0.05) is 12.1 Å². The van der Waals surface area contributed by atoms with Crippen molar-refractivity contribution in [3.63, 3.8) is 0 Å². The molecule has 0 amide bonds. The fourth-order valence-electron chi connectivity index (χ4n) is 2.96. The molecule has 0 spiro atoms. The van der Waals surface area contributed by atoms with Gasteiger partial charge in [0.15, 0.2) is 0 Å². The van der Waals surface area contributed by atoms with Crippen LogP contribution in [0.25, 0.3) is 0 Å². The Morgan fingerprint density at radius 1 is 0.957 bits per heavy atom. The summed E-state index contributed by atoms with van der Waals surface area (Å²) in [6, 6.07) is 20.5. The molecule has 2 aromatic carbocycles. The van der Waals surface area contributed by atoms with Gasteiger partial charge in [0.1, 0.15) is 0 Å². The maximum Gasteiger partial charge on any atom is 0.304 e. The van der Waals surface area contributed by atoms with Crippen LogP contribution in [0.3, 0.4) is 0 Å². The lowest BCUT2D eigenvalue weighted by molar-refractivity contribution is -0.137. The van der Waals surface area contributed by atoms with E-state index >= 15 is 0 Å². The molecule has 0 saturated heterocycles. The van der Waals surface area contributed by atoms with Crippen LogP contribution in [0.5, 0.6) is 0 Å². The van der Waals surface area contributed by atoms with Gasteiger partial charge >= 0.3 is 5.97 Å². The highest BCUT2D eigenvalue weighted by Gasteiger charge is 2.20. The summed E-state index contributed by atoms with van der Waals surface area (Å²) in [4.78, 5) is 11.2. The minimum Gasteiger partial charge on any atom is -0.481 e. The molecule has 23 heavy (non-hydrogen) atoms. The summed E-state index contributed by atoms with van der Waals surface area (Å²) in [5.74, 6) is -0.445. The highest BCUT2D eigenvalue weighted by atomic mass is 16.4.